The molecule has 0 N–H and O–H groups in total. The summed E-state index contributed by atoms with van der Waals surface area (Å²) in [4.78, 5) is 9.31. The summed E-state index contributed by atoms with van der Waals surface area (Å²) in [6, 6.07) is 4.64. The third-order valence-corrected chi connectivity index (χ3v) is 5.78. The standard InChI is InChI=1S/C24H32N2/c1-15-13-16(2)22(17(3)14-15)12-11-21-9-7-8-10-23(21)24-18(4)25-20(6)26-19(24)5/h13-14H,7-12H2,1-6H3. The van der Waals surface area contributed by atoms with Crippen molar-refractivity contribution < 1.29 is 0 Å². The van der Waals surface area contributed by atoms with Crippen molar-refractivity contribution in [2.75, 3.05) is 0 Å². The summed E-state index contributed by atoms with van der Waals surface area (Å²) in [6.07, 6.45) is 7.31. The first-order valence-electron chi connectivity index (χ1n) is 9.96. The minimum atomic E-state index is 0.882. The quantitative estimate of drug-likeness (QED) is 0.649. The first-order chi connectivity index (χ1) is 12.4. The van der Waals surface area contributed by atoms with Gasteiger partial charge in [-0.25, -0.2) is 9.97 Å². The molecule has 1 aliphatic carbocycles. The Morgan fingerprint density at radius 1 is 0.769 bits per heavy atom. The fourth-order valence-electron chi connectivity index (χ4n) is 4.75. The number of rotatable bonds is 4. The van der Waals surface area contributed by atoms with Crippen molar-refractivity contribution in [1.29, 1.82) is 0 Å². The van der Waals surface area contributed by atoms with Crippen LogP contribution in [-0.2, 0) is 6.42 Å². The van der Waals surface area contributed by atoms with E-state index in [9.17, 15) is 0 Å². The molecule has 0 unspecified atom stereocenters. The lowest BCUT2D eigenvalue weighted by molar-refractivity contribution is 0.683. The molecule has 0 saturated carbocycles. The summed E-state index contributed by atoms with van der Waals surface area (Å²) in [5, 5.41) is 0. The molecule has 26 heavy (non-hydrogen) atoms. The number of nitrogens with zero attached hydrogens (tertiary/aromatic N) is 2. The smallest absolute Gasteiger partial charge is 0.125 e. The molecule has 0 bridgehead atoms. The molecule has 1 aliphatic rings. The van der Waals surface area contributed by atoms with Gasteiger partial charge in [-0.1, -0.05) is 23.3 Å². The summed E-state index contributed by atoms with van der Waals surface area (Å²) in [7, 11) is 0. The summed E-state index contributed by atoms with van der Waals surface area (Å²) in [5.41, 5.74) is 12.5. The topological polar surface area (TPSA) is 25.8 Å². The first-order valence-corrected chi connectivity index (χ1v) is 9.96. The molecule has 1 heterocycles. The van der Waals surface area contributed by atoms with Gasteiger partial charge in [0.1, 0.15) is 5.82 Å². The lowest BCUT2D eigenvalue weighted by atomic mass is 9.83. The van der Waals surface area contributed by atoms with Gasteiger partial charge in [0.15, 0.2) is 0 Å². The van der Waals surface area contributed by atoms with Crippen molar-refractivity contribution in [3.63, 3.8) is 0 Å². The zero-order valence-electron chi connectivity index (χ0n) is 17.3. The predicted molar refractivity (Wildman–Crippen MR) is 111 cm³/mol. The second-order valence-electron chi connectivity index (χ2n) is 7.98. The molecule has 2 nitrogen and oxygen atoms in total. The molecule has 0 aliphatic heterocycles. The molecule has 2 aromatic rings. The molecule has 3 rings (SSSR count). The minimum Gasteiger partial charge on any atom is -0.238 e. The van der Waals surface area contributed by atoms with Crippen LogP contribution in [0.1, 0.15) is 77.1 Å². The van der Waals surface area contributed by atoms with Crippen LogP contribution in [0.4, 0.5) is 0 Å². The molecule has 2 heteroatoms. The Morgan fingerprint density at radius 2 is 1.35 bits per heavy atom. The van der Waals surface area contributed by atoms with Gasteiger partial charge in [0.2, 0.25) is 0 Å². The highest BCUT2D eigenvalue weighted by molar-refractivity contribution is 5.72. The molecule has 0 radical (unpaired) electrons. The van der Waals surface area contributed by atoms with Crippen LogP contribution in [0, 0.1) is 41.5 Å². The summed E-state index contributed by atoms with van der Waals surface area (Å²) < 4.78 is 0. The largest absolute Gasteiger partial charge is 0.238 e. The summed E-state index contributed by atoms with van der Waals surface area (Å²) >= 11 is 0. The highest BCUT2D eigenvalue weighted by atomic mass is 14.9. The number of hydrogen-bond donors (Lipinski definition) is 0. The lowest BCUT2D eigenvalue weighted by Crippen LogP contribution is -2.08. The number of aromatic nitrogens is 2. The van der Waals surface area contributed by atoms with Crippen LogP contribution in [0.25, 0.3) is 5.57 Å². The number of aryl methyl sites for hydroxylation is 6. The lowest BCUT2D eigenvalue weighted by Gasteiger charge is -2.23. The van der Waals surface area contributed by atoms with Crippen LogP contribution in [0.2, 0.25) is 0 Å². The van der Waals surface area contributed by atoms with E-state index in [1.807, 2.05) is 6.92 Å². The van der Waals surface area contributed by atoms with E-state index < -0.39 is 0 Å². The summed E-state index contributed by atoms with van der Waals surface area (Å²) in [6.45, 7) is 13.0. The Labute approximate surface area is 158 Å². The number of allylic oxidation sites excluding steroid dienone is 2. The van der Waals surface area contributed by atoms with E-state index in [4.69, 9.17) is 0 Å². The first kappa shape index (κ1) is 18.8. The van der Waals surface area contributed by atoms with Gasteiger partial charge in [0.25, 0.3) is 0 Å². The Balaban J connectivity index is 1.95. The molecular formula is C24H32N2. The van der Waals surface area contributed by atoms with Gasteiger partial charge in [-0.2, -0.15) is 0 Å². The fourth-order valence-corrected chi connectivity index (χ4v) is 4.75. The zero-order valence-corrected chi connectivity index (χ0v) is 17.3. The van der Waals surface area contributed by atoms with Crippen LogP contribution in [0.5, 0.6) is 0 Å². The third-order valence-electron chi connectivity index (χ3n) is 5.78. The molecule has 138 valence electrons. The average molecular weight is 349 g/mol. The molecule has 0 fully saturated rings. The van der Waals surface area contributed by atoms with Crippen LogP contribution < -0.4 is 0 Å². The van der Waals surface area contributed by atoms with E-state index in [1.54, 1.807) is 5.57 Å². The molecule has 0 saturated heterocycles. The maximum atomic E-state index is 4.65. The van der Waals surface area contributed by atoms with Crippen molar-refractivity contribution in [1.82, 2.24) is 9.97 Å². The average Bonchev–Trinajstić information content (AvgIpc) is 2.54. The van der Waals surface area contributed by atoms with Crippen molar-refractivity contribution in [3.8, 4) is 0 Å². The van der Waals surface area contributed by atoms with E-state index in [2.05, 4.69) is 56.7 Å². The van der Waals surface area contributed by atoms with E-state index in [1.165, 1.54) is 59.1 Å². The van der Waals surface area contributed by atoms with Gasteiger partial charge in [0, 0.05) is 17.0 Å². The van der Waals surface area contributed by atoms with E-state index >= 15 is 0 Å². The Bertz CT molecular complexity index is 812. The fraction of sp³-hybridized carbons (Fsp3) is 0.500. The molecule has 1 aromatic heterocycles. The van der Waals surface area contributed by atoms with Gasteiger partial charge in [0.05, 0.1) is 0 Å². The highest BCUT2D eigenvalue weighted by Gasteiger charge is 2.19. The second-order valence-corrected chi connectivity index (χ2v) is 7.98. The number of benzene rings is 1. The molecular weight excluding hydrogens is 316 g/mol. The van der Waals surface area contributed by atoms with Crippen molar-refractivity contribution in [2.24, 2.45) is 0 Å². The normalized spacial score (nSPS) is 14.8. The zero-order chi connectivity index (χ0) is 18.8. The molecule has 0 amide bonds. The van der Waals surface area contributed by atoms with Crippen LogP contribution in [-0.4, -0.2) is 9.97 Å². The van der Waals surface area contributed by atoms with Gasteiger partial charge in [-0.05, 0) is 102 Å². The highest BCUT2D eigenvalue weighted by Crippen LogP contribution is 2.37. The SMILES string of the molecule is Cc1cc(C)c(CCC2=C(c3c(C)nc(C)nc3C)CCCC2)c(C)c1. The van der Waals surface area contributed by atoms with Crippen LogP contribution >= 0.6 is 0 Å². The van der Waals surface area contributed by atoms with E-state index in [0.29, 0.717) is 0 Å². The maximum Gasteiger partial charge on any atom is 0.125 e. The van der Waals surface area contributed by atoms with Gasteiger partial charge < -0.3 is 0 Å². The van der Waals surface area contributed by atoms with Crippen LogP contribution in [0.3, 0.4) is 0 Å². The maximum absolute atomic E-state index is 4.65. The minimum absolute atomic E-state index is 0.882. The summed E-state index contributed by atoms with van der Waals surface area (Å²) in [5.74, 6) is 0.882. The van der Waals surface area contributed by atoms with Gasteiger partial charge in [-0.3, -0.25) is 0 Å². The Morgan fingerprint density at radius 3 is 1.96 bits per heavy atom. The van der Waals surface area contributed by atoms with Gasteiger partial charge >= 0.3 is 0 Å². The second kappa shape index (κ2) is 7.73. The van der Waals surface area contributed by atoms with Crippen molar-refractivity contribution in [3.05, 3.63) is 62.7 Å². The molecule has 0 atom stereocenters. The van der Waals surface area contributed by atoms with E-state index in [0.717, 1.165) is 30.1 Å². The van der Waals surface area contributed by atoms with Crippen molar-refractivity contribution in [2.45, 2.75) is 80.1 Å². The van der Waals surface area contributed by atoms with E-state index in [-0.39, 0.29) is 0 Å². The molecule has 1 aromatic carbocycles. The molecule has 0 spiro atoms. The van der Waals surface area contributed by atoms with Crippen LogP contribution in [0.15, 0.2) is 17.7 Å². The number of hydrogen-bond acceptors (Lipinski definition) is 2. The predicted octanol–water partition coefficient (Wildman–Crippen LogP) is 6.29. The Hall–Kier alpha value is -1.96. The monoisotopic (exact) mass is 348 g/mol. The Kier molecular flexibility index (Phi) is 5.60. The van der Waals surface area contributed by atoms with Gasteiger partial charge in [-0.15, -0.1) is 0 Å². The van der Waals surface area contributed by atoms with Crippen molar-refractivity contribution >= 4 is 5.57 Å². The third kappa shape index (κ3) is 3.90.